The number of hydrogen-bond acceptors (Lipinski definition) is 6. The average Bonchev–Trinajstić information content (AvgIpc) is 0.822. The van der Waals surface area contributed by atoms with E-state index in [0.29, 0.717) is 31.8 Å². The van der Waals surface area contributed by atoms with Gasteiger partial charge in [-0.15, -0.1) is 0 Å². The summed E-state index contributed by atoms with van der Waals surface area (Å²) >= 11 is 0. The molecule has 0 atom stereocenters. The van der Waals surface area contributed by atoms with Crippen LogP contribution < -0.4 is 46.5 Å². The molecule has 6 aromatic rings. The van der Waals surface area contributed by atoms with Crippen molar-refractivity contribution in [3.63, 3.8) is 0 Å². The van der Waals surface area contributed by atoms with Crippen LogP contribution >= 0.6 is 22.1 Å². The molecule has 0 fully saturated rings. The Morgan fingerprint density at radius 2 is 0.280 bits per heavy atom. The van der Waals surface area contributed by atoms with Gasteiger partial charge in [-0.2, -0.15) is 0 Å². The van der Waals surface area contributed by atoms with Crippen LogP contribution in [0.15, 0.2) is 146 Å². The average molecular weight is 1460 g/mol. The summed E-state index contributed by atoms with van der Waals surface area (Å²) in [7, 11) is -11.3. The molecule has 6 aromatic carbocycles. The Kier molecular flexibility index (Phi) is 51.4. The molecule has 0 aromatic heterocycles. The maximum atomic E-state index is 13.1. The molecular formula is C90H138CrO6P3. The number of hydrogen-bond donors (Lipinski definition) is 0. The first-order valence-electron chi connectivity index (χ1n) is 40.7. The molecule has 0 aliphatic carbocycles. The fourth-order valence-corrected chi connectivity index (χ4v) is 17.5. The maximum Gasteiger partial charge on any atom is 3.00 e. The van der Waals surface area contributed by atoms with Crippen LogP contribution in [0.2, 0.25) is 0 Å². The molecule has 0 saturated heterocycles. The maximum absolute atomic E-state index is 13.1. The number of aryl methyl sites for hydroxylation is 6. The van der Waals surface area contributed by atoms with Crippen LogP contribution in [0.25, 0.3) is 0 Å². The molecule has 6 nitrogen and oxygen atoms in total. The molecule has 0 spiro atoms. The summed E-state index contributed by atoms with van der Waals surface area (Å²) in [5.41, 5.74) is 7.40. The smallest absolute Gasteiger partial charge is 0.793 e. The van der Waals surface area contributed by atoms with E-state index in [1.807, 2.05) is 72.8 Å². The number of rotatable bonds is 54. The summed E-state index contributed by atoms with van der Waals surface area (Å²) in [4.78, 5) is 39.2. The van der Waals surface area contributed by atoms with E-state index in [9.17, 15) is 28.4 Å². The van der Waals surface area contributed by atoms with Gasteiger partial charge in [-0.25, -0.2) is 0 Å². The Labute approximate surface area is 624 Å². The van der Waals surface area contributed by atoms with Gasteiger partial charge in [-0.05, 0) is 110 Å². The van der Waals surface area contributed by atoms with Gasteiger partial charge in [-0.3, -0.25) is 0 Å². The van der Waals surface area contributed by atoms with Gasteiger partial charge in [0.15, 0.2) is 0 Å². The van der Waals surface area contributed by atoms with E-state index < -0.39 is 22.1 Å². The van der Waals surface area contributed by atoms with Gasteiger partial charge in [0.1, 0.15) is 0 Å². The van der Waals surface area contributed by atoms with Crippen molar-refractivity contribution in [1.82, 2.24) is 0 Å². The zero-order valence-corrected chi connectivity index (χ0v) is 68.0. The van der Waals surface area contributed by atoms with Gasteiger partial charge in [0.05, 0.1) is 22.1 Å². The molecule has 0 aliphatic rings. The van der Waals surface area contributed by atoms with E-state index in [1.165, 1.54) is 303 Å². The minimum Gasteiger partial charge on any atom is -0.793 e. The molecule has 100 heavy (non-hydrogen) atoms. The van der Waals surface area contributed by atoms with Gasteiger partial charge < -0.3 is 28.4 Å². The second kappa shape index (κ2) is 56.8. The first-order chi connectivity index (χ1) is 48.2. The Morgan fingerprint density at radius 3 is 0.390 bits per heavy atom. The van der Waals surface area contributed by atoms with Gasteiger partial charge in [0.25, 0.3) is 0 Å². The van der Waals surface area contributed by atoms with Crippen LogP contribution in [-0.4, -0.2) is 0 Å². The van der Waals surface area contributed by atoms with Gasteiger partial charge in [0, 0.05) is 31.8 Å². The second-order valence-corrected chi connectivity index (χ2v) is 35.3. The van der Waals surface area contributed by atoms with Crippen LogP contribution in [0.3, 0.4) is 0 Å². The molecule has 0 heterocycles. The van der Waals surface area contributed by atoms with Crippen LogP contribution in [0, 0.1) is 0 Å². The Bertz CT molecular complexity index is 2530. The standard InChI is InChI=1S/3C30H47O2P.Cr/c3*1-3-5-7-9-11-13-15-17-27-19-23-29(24-20-27)33(31,32)30-25-21-28(22-26-30)18-16-14-12-10-8-6-4-2;/h3*19-26H,3-18H2,1-2H3,(H,31,32);/q;;;+3/p-3. The molecule has 6 rings (SSSR count). The first kappa shape index (κ1) is 90.6. The van der Waals surface area contributed by atoms with Crippen molar-refractivity contribution in [2.75, 3.05) is 0 Å². The van der Waals surface area contributed by atoms with E-state index >= 15 is 0 Å². The van der Waals surface area contributed by atoms with Gasteiger partial charge >= 0.3 is 17.4 Å². The molecule has 0 amide bonds. The zero-order valence-electron chi connectivity index (χ0n) is 64.0. The van der Waals surface area contributed by atoms with Crippen molar-refractivity contribution >= 4 is 53.9 Å². The topological polar surface area (TPSA) is 120 Å². The Hall–Kier alpha value is -3.58. The fourth-order valence-electron chi connectivity index (χ4n) is 13.3. The minimum atomic E-state index is -3.78. The number of benzene rings is 6. The molecule has 0 bridgehead atoms. The van der Waals surface area contributed by atoms with Crippen molar-refractivity contribution in [3.05, 3.63) is 179 Å². The van der Waals surface area contributed by atoms with Crippen molar-refractivity contribution < 1.29 is 45.7 Å². The van der Waals surface area contributed by atoms with Crippen molar-refractivity contribution in [2.45, 2.75) is 350 Å². The quantitative estimate of drug-likeness (QED) is 0.0277. The number of unbranched alkanes of at least 4 members (excludes halogenated alkanes) is 36. The summed E-state index contributed by atoms with van der Waals surface area (Å²) in [6.45, 7) is 13.5. The predicted molar refractivity (Wildman–Crippen MR) is 429 cm³/mol. The SMILES string of the molecule is CCCCCCCCCc1ccc(P(=O)([O-])c2ccc(CCCCCCCCC)cc2)cc1.CCCCCCCCCc1ccc(P(=O)([O-])c2ccc(CCCCCCCCC)cc2)cc1.CCCCCCCCCc1ccc(P(=O)([O-])c2ccc(CCCCCCCCC)cc2)cc1.[Cr+3]. The molecule has 555 valence electrons. The van der Waals surface area contributed by atoms with Crippen molar-refractivity contribution in [3.8, 4) is 0 Å². The second-order valence-electron chi connectivity index (χ2n) is 28.9. The molecule has 0 saturated carbocycles. The third-order valence-corrected chi connectivity index (χ3v) is 25.9. The summed E-state index contributed by atoms with van der Waals surface area (Å²) in [5, 5.41) is 2.53. The van der Waals surface area contributed by atoms with Crippen LogP contribution in [0.1, 0.15) is 345 Å². The first-order valence-corrected chi connectivity index (χ1v) is 45.6. The minimum absolute atomic E-state index is 0. The van der Waals surface area contributed by atoms with Gasteiger partial charge in [0.2, 0.25) is 0 Å². The van der Waals surface area contributed by atoms with Crippen LogP contribution in [0.4, 0.5) is 0 Å². The molecular weight excluding hydrogens is 1320 g/mol. The summed E-state index contributed by atoms with van der Waals surface area (Å²) < 4.78 is 39.2. The molecule has 10 heteroatoms. The van der Waals surface area contributed by atoms with E-state index in [2.05, 4.69) is 41.5 Å². The summed E-state index contributed by atoms with van der Waals surface area (Å²) in [6.07, 6.45) is 60.6. The van der Waals surface area contributed by atoms with E-state index in [4.69, 9.17) is 0 Å². The molecule has 1 radical (unpaired) electrons. The van der Waals surface area contributed by atoms with Crippen LogP contribution in [-0.2, 0) is 69.6 Å². The third kappa shape index (κ3) is 38.4. The fraction of sp³-hybridized carbons (Fsp3) is 0.600. The van der Waals surface area contributed by atoms with Gasteiger partial charge in [-0.1, -0.05) is 418 Å². The van der Waals surface area contributed by atoms with Crippen LogP contribution in [0.5, 0.6) is 0 Å². The molecule has 0 aliphatic heterocycles. The molecule has 0 N–H and O–H groups in total. The summed E-state index contributed by atoms with van der Waals surface area (Å²) in [5.74, 6) is 0. The van der Waals surface area contributed by atoms with E-state index in [1.54, 1.807) is 72.8 Å². The Balaban J connectivity index is 0.000000388. The van der Waals surface area contributed by atoms with E-state index in [0.717, 1.165) is 38.5 Å². The zero-order chi connectivity index (χ0) is 71.3. The summed E-state index contributed by atoms with van der Waals surface area (Å²) in [6, 6.07) is 45.4. The monoisotopic (exact) mass is 1460 g/mol. The van der Waals surface area contributed by atoms with Crippen molar-refractivity contribution in [2.24, 2.45) is 0 Å². The molecule has 0 unspecified atom stereocenters. The normalized spacial score (nSPS) is 11.6. The Morgan fingerprint density at radius 1 is 0.180 bits per heavy atom. The van der Waals surface area contributed by atoms with Crippen molar-refractivity contribution in [1.29, 1.82) is 0 Å². The third-order valence-electron chi connectivity index (χ3n) is 20.1. The largest absolute Gasteiger partial charge is 3.00 e. The predicted octanol–water partition coefficient (Wildman–Crippen LogP) is 23.6. The van der Waals surface area contributed by atoms with E-state index in [-0.39, 0.29) is 17.4 Å².